The van der Waals surface area contributed by atoms with E-state index < -0.39 is 0 Å². The summed E-state index contributed by atoms with van der Waals surface area (Å²) in [7, 11) is 1.69. The number of piperidine rings is 1. The van der Waals surface area contributed by atoms with E-state index in [1.165, 1.54) is 4.70 Å². The Hall–Kier alpha value is -1.66. The third-order valence-corrected chi connectivity index (χ3v) is 6.39. The number of likely N-dealkylation sites (tertiary alicyclic amines) is 1. The zero-order chi connectivity index (χ0) is 16.6. The predicted octanol–water partition coefficient (Wildman–Crippen LogP) is 2.76. The minimum atomic E-state index is -0.218. The number of anilines is 1. The van der Waals surface area contributed by atoms with Crippen LogP contribution in [0.3, 0.4) is 0 Å². The van der Waals surface area contributed by atoms with Gasteiger partial charge in [-0.25, -0.2) is 4.98 Å². The van der Waals surface area contributed by atoms with Gasteiger partial charge in [-0.05, 0) is 31.4 Å². The number of carbonyl (C=O) groups excluding carboxylic acids is 1. The normalized spacial score (nSPS) is 24.5. The van der Waals surface area contributed by atoms with E-state index in [1.54, 1.807) is 18.4 Å². The highest BCUT2D eigenvalue weighted by Crippen LogP contribution is 2.43. The second-order valence-electron chi connectivity index (χ2n) is 6.80. The fourth-order valence-electron chi connectivity index (χ4n) is 3.98. The van der Waals surface area contributed by atoms with Gasteiger partial charge >= 0.3 is 0 Å². The average Bonchev–Trinajstić information content (AvgIpc) is 3.21. The van der Waals surface area contributed by atoms with Crippen molar-refractivity contribution in [2.24, 2.45) is 5.41 Å². The summed E-state index contributed by atoms with van der Waals surface area (Å²) in [5.74, 6) is 0.314. The molecule has 0 aliphatic carbocycles. The molecule has 24 heavy (non-hydrogen) atoms. The average molecular weight is 345 g/mol. The van der Waals surface area contributed by atoms with Crippen LogP contribution in [0.15, 0.2) is 24.3 Å². The summed E-state index contributed by atoms with van der Waals surface area (Å²) in [6, 6.07) is 8.24. The van der Waals surface area contributed by atoms with E-state index >= 15 is 0 Å². The second kappa shape index (κ2) is 6.33. The van der Waals surface area contributed by atoms with Crippen LogP contribution in [0.25, 0.3) is 10.2 Å². The molecule has 1 atom stereocenters. The summed E-state index contributed by atoms with van der Waals surface area (Å²) < 4.78 is 6.37. The largest absolute Gasteiger partial charge is 0.383 e. The fourth-order valence-corrected chi connectivity index (χ4v) is 4.97. The maximum Gasteiger partial charge on any atom is 0.230 e. The van der Waals surface area contributed by atoms with Crippen LogP contribution in [0.5, 0.6) is 0 Å². The molecule has 3 heterocycles. The Morgan fingerprint density at radius 1 is 1.29 bits per heavy atom. The van der Waals surface area contributed by atoms with Gasteiger partial charge in [-0.1, -0.05) is 23.5 Å². The molecule has 0 saturated carbocycles. The lowest BCUT2D eigenvalue weighted by atomic mass is 9.78. The highest BCUT2D eigenvalue weighted by atomic mass is 32.1. The van der Waals surface area contributed by atoms with Crippen molar-refractivity contribution in [3.8, 4) is 0 Å². The van der Waals surface area contributed by atoms with E-state index in [4.69, 9.17) is 9.72 Å². The minimum Gasteiger partial charge on any atom is -0.383 e. The van der Waals surface area contributed by atoms with Crippen molar-refractivity contribution in [3.05, 3.63) is 24.3 Å². The Kier molecular flexibility index (Phi) is 4.18. The molecule has 1 spiro atoms. The van der Waals surface area contributed by atoms with Gasteiger partial charge in [0.15, 0.2) is 5.13 Å². The van der Waals surface area contributed by atoms with E-state index in [1.807, 2.05) is 17.0 Å². The summed E-state index contributed by atoms with van der Waals surface area (Å²) in [5, 5.41) is 1.05. The van der Waals surface area contributed by atoms with Crippen LogP contribution < -0.4 is 4.90 Å². The number of carbonyl (C=O) groups is 1. The van der Waals surface area contributed by atoms with Crippen molar-refractivity contribution in [2.75, 3.05) is 44.8 Å². The standard InChI is InChI=1S/C18H23N3O2S/c1-23-12-11-20-9-4-7-18(16(20)22)8-10-21(13-18)17-19-14-5-2-3-6-15(14)24-17/h2-3,5-6H,4,7-13H2,1H3/t18-/m0/s1. The second-order valence-corrected chi connectivity index (χ2v) is 7.81. The number of ether oxygens (including phenoxy) is 1. The van der Waals surface area contributed by atoms with Crippen LogP contribution in [0.4, 0.5) is 5.13 Å². The Labute approximate surface area is 146 Å². The van der Waals surface area contributed by atoms with Crippen LogP contribution in [-0.2, 0) is 9.53 Å². The number of fused-ring (bicyclic) bond motifs is 1. The first-order chi connectivity index (χ1) is 11.7. The third kappa shape index (κ3) is 2.67. The Bertz CT molecular complexity index is 714. The molecule has 2 saturated heterocycles. The molecule has 1 amide bonds. The number of methoxy groups -OCH3 is 1. The fraction of sp³-hybridized carbons (Fsp3) is 0.556. The lowest BCUT2D eigenvalue weighted by Gasteiger charge is -2.39. The van der Waals surface area contributed by atoms with Crippen LogP contribution in [0, 0.1) is 5.41 Å². The van der Waals surface area contributed by atoms with E-state index in [0.717, 1.165) is 49.5 Å². The maximum atomic E-state index is 13.0. The van der Waals surface area contributed by atoms with E-state index in [2.05, 4.69) is 17.0 Å². The molecule has 0 bridgehead atoms. The first-order valence-corrected chi connectivity index (χ1v) is 9.42. The monoisotopic (exact) mass is 345 g/mol. The lowest BCUT2D eigenvalue weighted by molar-refractivity contribution is -0.145. The number of benzene rings is 1. The quantitative estimate of drug-likeness (QED) is 0.855. The van der Waals surface area contributed by atoms with Gasteiger partial charge in [0.2, 0.25) is 5.91 Å². The van der Waals surface area contributed by atoms with E-state index in [-0.39, 0.29) is 5.41 Å². The summed E-state index contributed by atoms with van der Waals surface area (Å²) >= 11 is 1.73. The Balaban J connectivity index is 1.53. The number of nitrogens with zero attached hydrogens (tertiary/aromatic N) is 3. The van der Waals surface area contributed by atoms with Crippen LogP contribution in [0.2, 0.25) is 0 Å². The lowest BCUT2D eigenvalue weighted by Crippen LogP contribution is -2.50. The van der Waals surface area contributed by atoms with E-state index in [9.17, 15) is 4.79 Å². The molecule has 2 aliphatic rings. The minimum absolute atomic E-state index is 0.218. The van der Waals surface area contributed by atoms with Gasteiger partial charge in [-0.15, -0.1) is 0 Å². The first kappa shape index (κ1) is 15.8. The van der Waals surface area contributed by atoms with Gasteiger partial charge in [-0.2, -0.15) is 0 Å². The molecule has 128 valence electrons. The smallest absolute Gasteiger partial charge is 0.230 e. The van der Waals surface area contributed by atoms with Crippen molar-refractivity contribution in [1.29, 1.82) is 0 Å². The third-order valence-electron chi connectivity index (χ3n) is 5.30. The molecule has 1 aromatic carbocycles. The van der Waals surface area contributed by atoms with Crippen molar-refractivity contribution < 1.29 is 9.53 Å². The number of amides is 1. The zero-order valence-electron chi connectivity index (χ0n) is 14.0. The molecule has 6 heteroatoms. The highest BCUT2D eigenvalue weighted by Gasteiger charge is 2.48. The molecular formula is C18H23N3O2S. The number of thiazole rings is 1. The topological polar surface area (TPSA) is 45.7 Å². The van der Waals surface area contributed by atoms with Gasteiger partial charge < -0.3 is 14.5 Å². The van der Waals surface area contributed by atoms with Gasteiger partial charge in [0, 0.05) is 33.3 Å². The molecule has 0 N–H and O–H groups in total. The molecule has 2 aromatic rings. The number of para-hydroxylation sites is 1. The molecule has 5 nitrogen and oxygen atoms in total. The molecule has 0 unspecified atom stereocenters. The molecule has 1 aromatic heterocycles. The van der Waals surface area contributed by atoms with E-state index in [0.29, 0.717) is 19.1 Å². The number of hydrogen-bond acceptors (Lipinski definition) is 5. The van der Waals surface area contributed by atoms with Gasteiger partial charge in [-0.3, -0.25) is 4.79 Å². The number of rotatable bonds is 4. The van der Waals surface area contributed by atoms with Crippen molar-refractivity contribution >= 4 is 32.6 Å². The van der Waals surface area contributed by atoms with Gasteiger partial charge in [0.1, 0.15) is 0 Å². The van der Waals surface area contributed by atoms with Crippen LogP contribution in [-0.4, -0.2) is 55.7 Å². The summed E-state index contributed by atoms with van der Waals surface area (Å²) in [6.45, 7) is 3.91. The van der Waals surface area contributed by atoms with Crippen LogP contribution >= 0.6 is 11.3 Å². The molecule has 0 radical (unpaired) electrons. The Morgan fingerprint density at radius 3 is 3.00 bits per heavy atom. The van der Waals surface area contributed by atoms with Crippen molar-refractivity contribution in [3.63, 3.8) is 0 Å². The zero-order valence-corrected chi connectivity index (χ0v) is 14.8. The predicted molar refractivity (Wildman–Crippen MR) is 96.6 cm³/mol. The van der Waals surface area contributed by atoms with Crippen molar-refractivity contribution in [1.82, 2.24) is 9.88 Å². The number of hydrogen-bond donors (Lipinski definition) is 0. The molecule has 2 fully saturated rings. The number of aromatic nitrogens is 1. The molecule has 4 rings (SSSR count). The van der Waals surface area contributed by atoms with Gasteiger partial charge in [0.25, 0.3) is 0 Å². The van der Waals surface area contributed by atoms with Gasteiger partial charge in [0.05, 0.1) is 22.2 Å². The summed E-state index contributed by atoms with van der Waals surface area (Å²) in [5.41, 5.74) is 0.833. The molecular weight excluding hydrogens is 322 g/mol. The maximum absolute atomic E-state index is 13.0. The first-order valence-electron chi connectivity index (χ1n) is 8.61. The SMILES string of the molecule is COCCN1CCC[C@@]2(CCN(c3nc4ccccc4s3)C2)C1=O. The molecule has 2 aliphatic heterocycles. The summed E-state index contributed by atoms with van der Waals surface area (Å²) in [4.78, 5) is 22.1. The summed E-state index contributed by atoms with van der Waals surface area (Å²) in [6.07, 6.45) is 3.02. The Morgan fingerprint density at radius 2 is 2.17 bits per heavy atom. The highest BCUT2D eigenvalue weighted by molar-refractivity contribution is 7.22. The van der Waals surface area contributed by atoms with Crippen LogP contribution in [0.1, 0.15) is 19.3 Å². The van der Waals surface area contributed by atoms with Crippen molar-refractivity contribution in [2.45, 2.75) is 19.3 Å².